The minimum absolute atomic E-state index is 0.715. The summed E-state index contributed by atoms with van der Waals surface area (Å²) < 4.78 is 0. The van der Waals surface area contributed by atoms with Gasteiger partial charge in [-0.2, -0.15) is 0 Å². The van der Waals surface area contributed by atoms with Crippen molar-refractivity contribution in [1.82, 2.24) is 20.2 Å². The van der Waals surface area contributed by atoms with Gasteiger partial charge in [-0.05, 0) is 91.6 Å². The van der Waals surface area contributed by atoms with E-state index in [2.05, 4.69) is 132 Å². The Morgan fingerprint density at radius 3 is 1.07 bits per heavy atom. The first kappa shape index (κ1) is 26.2. The van der Waals surface area contributed by atoms with Crippen molar-refractivity contribution < 1.29 is 0 Å². The predicted molar refractivity (Wildman–Crippen MR) is 189 cm³/mol. The van der Waals surface area contributed by atoms with Crippen LogP contribution in [0.3, 0.4) is 0 Å². The second kappa shape index (κ2) is 10.7. The summed E-state index contributed by atoms with van der Waals surface area (Å²) in [6, 6.07) is 54.7. The number of rotatable bonds is 4. The molecule has 4 nitrogen and oxygen atoms in total. The third-order valence-corrected chi connectivity index (χ3v) is 8.78. The zero-order valence-electron chi connectivity index (χ0n) is 24.8. The van der Waals surface area contributed by atoms with E-state index in [-0.39, 0.29) is 0 Å². The van der Waals surface area contributed by atoms with Gasteiger partial charge in [0.15, 0.2) is 0 Å². The highest BCUT2D eigenvalue weighted by Crippen LogP contribution is 2.36. The average molecular weight is 587 g/mol. The highest BCUT2D eigenvalue weighted by atomic mass is 15.1. The van der Waals surface area contributed by atoms with Crippen LogP contribution in [0, 0.1) is 0 Å². The van der Waals surface area contributed by atoms with Crippen molar-refractivity contribution in [2.24, 2.45) is 0 Å². The Bertz CT molecular complexity index is 2410. The fourth-order valence-electron chi connectivity index (χ4n) is 6.59. The molecule has 0 radical (unpaired) electrons. The molecule has 4 heteroatoms. The number of nitrogens with zero attached hydrogens (tertiary/aromatic N) is 4. The Labute approximate surface area is 265 Å². The lowest BCUT2D eigenvalue weighted by molar-refractivity contribution is 1.03. The Morgan fingerprint density at radius 1 is 0.261 bits per heavy atom. The summed E-state index contributed by atoms with van der Waals surface area (Å²) in [4.78, 5) is 10.1. The predicted octanol–water partition coefficient (Wildman–Crippen LogP) is 10.5. The van der Waals surface area contributed by atoms with Crippen molar-refractivity contribution in [3.8, 4) is 45.3 Å². The molecule has 214 valence electrons. The maximum Gasteiger partial charge on any atom is 0.111 e. The van der Waals surface area contributed by atoms with Crippen LogP contribution in [0.1, 0.15) is 0 Å². The van der Waals surface area contributed by atoms with Crippen molar-refractivity contribution in [3.63, 3.8) is 0 Å². The quantitative estimate of drug-likeness (QED) is 0.193. The van der Waals surface area contributed by atoms with Crippen LogP contribution in [-0.4, -0.2) is 20.2 Å². The average Bonchev–Trinajstić information content (AvgIpc) is 3.14. The molecule has 9 aromatic rings. The molecule has 0 amide bonds. The number of fused-ring (bicyclic) bond motifs is 6. The molecule has 0 N–H and O–H groups in total. The van der Waals surface area contributed by atoms with Gasteiger partial charge in [0.1, 0.15) is 11.4 Å². The topological polar surface area (TPSA) is 51.6 Å². The fourth-order valence-corrected chi connectivity index (χ4v) is 6.59. The lowest BCUT2D eigenvalue weighted by Crippen LogP contribution is -1.96. The molecule has 0 saturated carbocycles. The standard InChI is InChI=1S/C42H26N4/c1-3-13-29-27(11-1)25-35(33-17-7-5-15-31(29)33)37-19-9-21-39(43-37)41-23-24-42(46-45-41)40-22-10-20-38(44-40)36-26-28-12-2-4-14-30(28)32-16-6-8-18-34(32)36/h1-26H. The second-order valence-corrected chi connectivity index (χ2v) is 11.5. The second-order valence-electron chi connectivity index (χ2n) is 11.5. The van der Waals surface area contributed by atoms with Gasteiger partial charge in [0.2, 0.25) is 0 Å². The summed E-state index contributed by atoms with van der Waals surface area (Å²) in [7, 11) is 0. The molecule has 0 aliphatic rings. The van der Waals surface area contributed by atoms with Crippen molar-refractivity contribution >= 4 is 43.1 Å². The molecule has 0 unspecified atom stereocenters. The molecule has 3 heterocycles. The van der Waals surface area contributed by atoms with Crippen molar-refractivity contribution in [3.05, 3.63) is 158 Å². The van der Waals surface area contributed by atoms with Crippen molar-refractivity contribution in [1.29, 1.82) is 0 Å². The Morgan fingerprint density at radius 2 is 0.630 bits per heavy atom. The number of aromatic nitrogens is 4. The van der Waals surface area contributed by atoms with Crippen LogP contribution in [0.4, 0.5) is 0 Å². The summed E-state index contributed by atoms with van der Waals surface area (Å²) in [6.45, 7) is 0. The van der Waals surface area contributed by atoms with Crippen LogP contribution in [-0.2, 0) is 0 Å². The van der Waals surface area contributed by atoms with Crippen LogP contribution in [0.15, 0.2) is 158 Å². The number of pyridine rings is 2. The minimum atomic E-state index is 0.715. The Hall–Kier alpha value is -6.26. The van der Waals surface area contributed by atoms with Gasteiger partial charge >= 0.3 is 0 Å². The highest BCUT2D eigenvalue weighted by Gasteiger charge is 2.14. The van der Waals surface area contributed by atoms with E-state index in [1.54, 1.807) is 0 Å². The zero-order valence-corrected chi connectivity index (χ0v) is 24.8. The lowest BCUT2D eigenvalue weighted by Gasteiger charge is -2.12. The van der Waals surface area contributed by atoms with E-state index >= 15 is 0 Å². The third-order valence-electron chi connectivity index (χ3n) is 8.78. The third kappa shape index (κ3) is 4.39. The molecule has 0 aliphatic heterocycles. The molecule has 0 saturated heterocycles. The van der Waals surface area contributed by atoms with Gasteiger partial charge in [-0.3, -0.25) is 0 Å². The first-order chi connectivity index (χ1) is 22.8. The maximum atomic E-state index is 5.06. The SMILES string of the molecule is c1cc(-c2ccc(-c3cccc(-c4cc5ccccc5c5ccccc45)n3)nn2)nc(-c2cc3ccccc3c3ccccc23)c1. The van der Waals surface area contributed by atoms with Crippen molar-refractivity contribution in [2.75, 3.05) is 0 Å². The van der Waals surface area contributed by atoms with E-state index in [0.717, 1.165) is 33.9 Å². The minimum Gasteiger partial charge on any atom is -0.246 e. The van der Waals surface area contributed by atoms with E-state index in [1.165, 1.54) is 43.1 Å². The summed E-state index contributed by atoms with van der Waals surface area (Å²) in [5.74, 6) is 0. The number of benzene rings is 6. The largest absolute Gasteiger partial charge is 0.246 e. The van der Waals surface area contributed by atoms with E-state index in [0.29, 0.717) is 11.4 Å². The van der Waals surface area contributed by atoms with Gasteiger partial charge < -0.3 is 0 Å². The smallest absolute Gasteiger partial charge is 0.111 e. The molecule has 0 aliphatic carbocycles. The molecule has 6 aromatic carbocycles. The molecule has 46 heavy (non-hydrogen) atoms. The molecular weight excluding hydrogens is 560 g/mol. The maximum absolute atomic E-state index is 5.06. The monoisotopic (exact) mass is 586 g/mol. The molecule has 0 atom stereocenters. The van der Waals surface area contributed by atoms with E-state index in [9.17, 15) is 0 Å². The molecule has 3 aromatic heterocycles. The van der Waals surface area contributed by atoms with Crippen molar-refractivity contribution in [2.45, 2.75) is 0 Å². The first-order valence-electron chi connectivity index (χ1n) is 15.4. The van der Waals surface area contributed by atoms with Gasteiger partial charge in [0, 0.05) is 11.1 Å². The zero-order chi connectivity index (χ0) is 30.5. The Balaban J connectivity index is 1.08. The molecule has 9 rings (SSSR count). The van der Waals surface area contributed by atoms with Crippen LogP contribution in [0.25, 0.3) is 88.4 Å². The fraction of sp³-hybridized carbons (Fsp3) is 0. The normalized spacial score (nSPS) is 11.5. The van der Waals surface area contributed by atoms with E-state index in [1.807, 2.05) is 36.4 Å². The van der Waals surface area contributed by atoms with Gasteiger partial charge in [-0.15, -0.1) is 10.2 Å². The van der Waals surface area contributed by atoms with Crippen LogP contribution >= 0.6 is 0 Å². The summed E-state index contributed by atoms with van der Waals surface area (Å²) >= 11 is 0. The summed E-state index contributed by atoms with van der Waals surface area (Å²) in [6.07, 6.45) is 0. The Kier molecular flexibility index (Phi) is 6.10. The lowest BCUT2D eigenvalue weighted by atomic mass is 9.95. The highest BCUT2D eigenvalue weighted by molar-refractivity contribution is 6.14. The van der Waals surface area contributed by atoms with E-state index in [4.69, 9.17) is 9.97 Å². The molecule has 0 fully saturated rings. The van der Waals surface area contributed by atoms with E-state index < -0.39 is 0 Å². The molecule has 0 spiro atoms. The molecular formula is C42H26N4. The number of hydrogen-bond donors (Lipinski definition) is 0. The number of hydrogen-bond acceptors (Lipinski definition) is 4. The molecule has 0 bridgehead atoms. The van der Waals surface area contributed by atoms with Gasteiger partial charge in [0.05, 0.1) is 22.8 Å². The first-order valence-corrected chi connectivity index (χ1v) is 15.4. The summed E-state index contributed by atoms with van der Waals surface area (Å²) in [5.41, 5.74) is 6.99. The van der Waals surface area contributed by atoms with Crippen LogP contribution in [0.5, 0.6) is 0 Å². The van der Waals surface area contributed by atoms with Crippen LogP contribution in [0.2, 0.25) is 0 Å². The van der Waals surface area contributed by atoms with Gasteiger partial charge in [0.25, 0.3) is 0 Å². The summed E-state index contributed by atoms with van der Waals surface area (Å²) in [5, 5.41) is 18.9. The van der Waals surface area contributed by atoms with Gasteiger partial charge in [-0.25, -0.2) is 9.97 Å². The van der Waals surface area contributed by atoms with Crippen LogP contribution < -0.4 is 0 Å². The van der Waals surface area contributed by atoms with Gasteiger partial charge in [-0.1, -0.05) is 109 Å².